The highest BCUT2D eigenvalue weighted by Gasteiger charge is 2.08. The summed E-state index contributed by atoms with van der Waals surface area (Å²) in [6, 6.07) is 5.96. The highest BCUT2D eigenvalue weighted by Crippen LogP contribution is 2.12. The number of hydrogen-bond acceptors (Lipinski definition) is 5. The molecular formula is C14H22N6. The van der Waals surface area contributed by atoms with Crippen LogP contribution >= 0.6 is 0 Å². The van der Waals surface area contributed by atoms with Crippen molar-refractivity contribution >= 4 is 5.82 Å². The highest BCUT2D eigenvalue weighted by atomic mass is 15.4. The molecule has 0 saturated heterocycles. The van der Waals surface area contributed by atoms with E-state index in [9.17, 15) is 0 Å². The molecule has 6 heteroatoms. The van der Waals surface area contributed by atoms with Gasteiger partial charge in [-0.15, -0.1) is 10.2 Å². The normalized spacial score (nSPS) is 11.1. The molecule has 0 radical (unpaired) electrons. The number of hydrogen-bond donors (Lipinski definition) is 0. The van der Waals surface area contributed by atoms with Crippen molar-refractivity contribution in [1.29, 1.82) is 0 Å². The van der Waals surface area contributed by atoms with Crippen molar-refractivity contribution in [3.05, 3.63) is 29.6 Å². The van der Waals surface area contributed by atoms with Crippen molar-refractivity contribution < 1.29 is 0 Å². The van der Waals surface area contributed by atoms with Crippen LogP contribution in [0, 0.1) is 13.8 Å². The van der Waals surface area contributed by atoms with Crippen LogP contribution in [-0.4, -0.2) is 59.1 Å². The first kappa shape index (κ1) is 14.5. The Balaban J connectivity index is 2.12. The van der Waals surface area contributed by atoms with E-state index in [-0.39, 0.29) is 0 Å². The fourth-order valence-corrected chi connectivity index (χ4v) is 1.96. The molecule has 108 valence electrons. The van der Waals surface area contributed by atoms with Crippen molar-refractivity contribution in [2.24, 2.45) is 0 Å². The first-order valence-electron chi connectivity index (χ1n) is 6.70. The lowest BCUT2D eigenvalue weighted by Crippen LogP contribution is -2.29. The van der Waals surface area contributed by atoms with E-state index < -0.39 is 0 Å². The van der Waals surface area contributed by atoms with Crippen LogP contribution in [0.15, 0.2) is 18.2 Å². The van der Waals surface area contributed by atoms with Crippen LogP contribution in [0.3, 0.4) is 0 Å². The molecule has 0 aliphatic rings. The van der Waals surface area contributed by atoms with Gasteiger partial charge in [0.1, 0.15) is 0 Å². The first-order valence-corrected chi connectivity index (χ1v) is 6.70. The second kappa shape index (κ2) is 6.00. The van der Waals surface area contributed by atoms with Crippen molar-refractivity contribution in [2.75, 3.05) is 39.1 Å². The van der Waals surface area contributed by atoms with E-state index in [1.165, 1.54) is 0 Å². The Kier molecular flexibility index (Phi) is 4.34. The second-order valence-corrected chi connectivity index (χ2v) is 5.31. The average Bonchev–Trinajstić information content (AvgIpc) is 2.75. The molecular weight excluding hydrogens is 252 g/mol. The summed E-state index contributed by atoms with van der Waals surface area (Å²) in [7, 11) is 6.15. The van der Waals surface area contributed by atoms with Crippen molar-refractivity contribution in [2.45, 2.75) is 13.8 Å². The van der Waals surface area contributed by atoms with Gasteiger partial charge in [-0.25, -0.2) is 4.68 Å². The summed E-state index contributed by atoms with van der Waals surface area (Å²) in [6.45, 7) is 5.89. The van der Waals surface area contributed by atoms with Crippen molar-refractivity contribution in [3.8, 4) is 5.82 Å². The summed E-state index contributed by atoms with van der Waals surface area (Å²) in [4.78, 5) is 4.24. The van der Waals surface area contributed by atoms with Crippen LogP contribution in [0.1, 0.15) is 11.4 Å². The zero-order valence-corrected chi connectivity index (χ0v) is 12.8. The van der Waals surface area contributed by atoms with Gasteiger partial charge in [0, 0.05) is 25.8 Å². The maximum absolute atomic E-state index is 4.41. The van der Waals surface area contributed by atoms with E-state index in [2.05, 4.69) is 39.2 Å². The van der Waals surface area contributed by atoms with Gasteiger partial charge in [0.05, 0.1) is 5.69 Å². The number of aromatic nitrogens is 4. The predicted molar refractivity (Wildman–Crippen MR) is 80.5 cm³/mol. The smallest absolute Gasteiger partial charge is 0.176 e. The maximum atomic E-state index is 4.41. The highest BCUT2D eigenvalue weighted by molar-refractivity contribution is 5.39. The van der Waals surface area contributed by atoms with E-state index in [4.69, 9.17) is 0 Å². The predicted octanol–water partition coefficient (Wildman–Crippen LogP) is 1.28. The fourth-order valence-electron chi connectivity index (χ4n) is 1.96. The van der Waals surface area contributed by atoms with Crippen molar-refractivity contribution in [3.63, 3.8) is 0 Å². The van der Waals surface area contributed by atoms with Gasteiger partial charge in [-0.3, -0.25) is 0 Å². The van der Waals surface area contributed by atoms with Gasteiger partial charge in [-0.05, 0) is 46.1 Å². The molecule has 2 rings (SSSR count). The second-order valence-electron chi connectivity index (χ2n) is 5.31. The molecule has 20 heavy (non-hydrogen) atoms. The summed E-state index contributed by atoms with van der Waals surface area (Å²) in [5.74, 6) is 1.62. The summed E-state index contributed by atoms with van der Waals surface area (Å²) < 4.78 is 1.81. The molecule has 0 atom stereocenters. The lowest BCUT2D eigenvalue weighted by molar-refractivity contribution is 0.416. The largest absolute Gasteiger partial charge is 0.357 e. The summed E-state index contributed by atoms with van der Waals surface area (Å²) in [6.07, 6.45) is 0. The van der Waals surface area contributed by atoms with E-state index in [1.54, 1.807) is 0 Å². The van der Waals surface area contributed by atoms with E-state index >= 15 is 0 Å². The molecule has 0 bridgehead atoms. The standard InChI is InChI=1S/C14H22N6/c1-11-10-12(2)20(17-11)14-7-6-13(15-16-14)19(5)9-8-18(3)4/h6-7,10H,8-9H2,1-5H3. The first-order chi connectivity index (χ1) is 9.47. The third kappa shape index (κ3) is 3.33. The topological polar surface area (TPSA) is 50.1 Å². The number of anilines is 1. The SMILES string of the molecule is Cc1cc(C)n(-c2ccc(N(C)CCN(C)C)nn2)n1. The van der Waals surface area contributed by atoms with Crippen molar-refractivity contribution in [1.82, 2.24) is 24.9 Å². The summed E-state index contributed by atoms with van der Waals surface area (Å²) in [5.41, 5.74) is 2.04. The molecule has 0 aromatic carbocycles. The van der Waals surface area contributed by atoms with Gasteiger partial charge in [0.15, 0.2) is 11.6 Å². The Labute approximate surface area is 120 Å². The summed E-state index contributed by atoms with van der Waals surface area (Å²) in [5, 5.41) is 13.0. The Morgan fingerprint density at radius 3 is 2.30 bits per heavy atom. The Hall–Kier alpha value is -1.95. The minimum absolute atomic E-state index is 0.750. The van der Waals surface area contributed by atoms with Crippen LogP contribution in [0.25, 0.3) is 5.82 Å². The Morgan fingerprint density at radius 2 is 1.80 bits per heavy atom. The van der Waals surface area contributed by atoms with Crippen LogP contribution in [0.2, 0.25) is 0 Å². The molecule has 0 N–H and O–H groups in total. The molecule has 6 nitrogen and oxygen atoms in total. The molecule has 0 aliphatic carbocycles. The molecule has 0 amide bonds. The van der Waals surface area contributed by atoms with Gasteiger partial charge in [0.25, 0.3) is 0 Å². The zero-order valence-electron chi connectivity index (χ0n) is 12.8. The van der Waals surface area contributed by atoms with Gasteiger partial charge in [-0.2, -0.15) is 5.10 Å². The molecule has 0 aliphatic heterocycles. The van der Waals surface area contributed by atoms with Crippen LogP contribution < -0.4 is 4.90 Å². The van der Waals surface area contributed by atoms with Gasteiger partial charge >= 0.3 is 0 Å². The molecule has 2 heterocycles. The lowest BCUT2D eigenvalue weighted by atomic mass is 10.4. The number of rotatable bonds is 5. The fraction of sp³-hybridized carbons (Fsp3) is 0.500. The van der Waals surface area contributed by atoms with E-state index in [1.807, 2.05) is 43.8 Å². The minimum atomic E-state index is 0.750. The van der Waals surface area contributed by atoms with Crippen LogP contribution in [0.4, 0.5) is 5.82 Å². The third-order valence-electron chi connectivity index (χ3n) is 3.14. The minimum Gasteiger partial charge on any atom is -0.357 e. The summed E-state index contributed by atoms with van der Waals surface area (Å²) >= 11 is 0. The number of aryl methyl sites for hydroxylation is 2. The third-order valence-corrected chi connectivity index (χ3v) is 3.14. The molecule has 2 aromatic heterocycles. The van der Waals surface area contributed by atoms with E-state index in [0.29, 0.717) is 0 Å². The Bertz CT molecular complexity index is 558. The van der Waals surface area contributed by atoms with Crippen LogP contribution in [0.5, 0.6) is 0 Å². The molecule has 0 spiro atoms. The lowest BCUT2D eigenvalue weighted by Gasteiger charge is -2.20. The molecule has 0 fully saturated rings. The molecule has 0 unspecified atom stereocenters. The number of nitrogens with zero attached hydrogens (tertiary/aromatic N) is 6. The van der Waals surface area contributed by atoms with Gasteiger partial charge in [0.2, 0.25) is 0 Å². The molecule has 2 aromatic rings. The zero-order chi connectivity index (χ0) is 14.7. The van der Waals surface area contributed by atoms with Crippen LogP contribution in [-0.2, 0) is 0 Å². The Morgan fingerprint density at radius 1 is 1.05 bits per heavy atom. The van der Waals surface area contributed by atoms with Gasteiger partial charge in [-0.1, -0.05) is 0 Å². The number of likely N-dealkylation sites (N-methyl/N-ethyl adjacent to an activating group) is 2. The molecule has 0 saturated carbocycles. The monoisotopic (exact) mass is 274 g/mol. The van der Waals surface area contributed by atoms with Gasteiger partial charge < -0.3 is 9.80 Å². The quantitative estimate of drug-likeness (QED) is 0.822. The average molecular weight is 274 g/mol. The van der Waals surface area contributed by atoms with E-state index in [0.717, 1.165) is 36.1 Å². The maximum Gasteiger partial charge on any atom is 0.176 e.